The van der Waals surface area contributed by atoms with Crippen molar-refractivity contribution in [1.29, 1.82) is 0 Å². The Morgan fingerprint density at radius 1 is 0.865 bits per heavy atom. The van der Waals surface area contributed by atoms with Gasteiger partial charge in [-0.3, -0.25) is 4.79 Å². The number of hydrogen-bond donors (Lipinski definition) is 0. The third kappa shape index (κ3) is 5.07. The fourth-order valence-electron chi connectivity index (χ4n) is 5.31. The van der Waals surface area contributed by atoms with Gasteiger partial charge >= 0.3 is 5.97 Å². The van der Waals surface area contributed by atoms with Gasteiger partial charge in [-0.1, -0.05) is 114 Å². The minimum Gasteiger partial charge on any atom is -0.468 e. The highest BCUT2D eigenvalue weighted by Crippen LogP contribution is 2.44. The summed E-state index contributed by atoms with van der Waals surface area (Å²) in [5.74, 6) is -1.15. The molecule has 2 aliphatic heterocycles. The molecule has 0 bridgehead atoms. The highest BCUT2D eigenvalue weighted by molar-refractivity contribution is 14.1. The van der Waals surface area contributed by atoms with Crippen molar-refractivity contribution in [3.8, 4) is 0 Å². The van der Waals surface area contributed by atoms with Crippen molar-refractivity contribution >= 4 is 28.6 Å². The van der Waals surface area contributed by atoms with E-state index in [0.29, 0.717) is 0 Å². The molecule has 37 heavy (non-hydrogen) atoms. The lowest BCUT2D eigenvalue weighted by Gasteiger charge is -2.37. The Hall–Kier alpha value is -2.30. The van der Waals surface area contributed by atoms with Crippen LogP contribution >= 0.6 is 22.6 Å². The van der Waals surface area contributed by atoms with Crippen molar-refractivity contribution in [2.75, 3.05) is 13.7 Å². The maximum absolute atomic E-state index is 12.4. The molecule has 2 fully saturated rings. The third-order valence-electron chi connectivity index (χ3n) is 6.91. The van der Waals surface area contributed by atoms with Crippen LogP contribution in [0.3, 0.4) is 0 Å². The number of fused-ring (bicyclic) bond motifs is 1. The first-order valence-electron chi connectivity index (χ1n) is 12.4. The molecule has 7 heteroatoms. The van der Waals surface area contributed by atoms with Gasteiger partial charge in [0.2, 0.25) is 0 Å². The van der Waals surface area contributed by atoms with Crippen molar-refractivity contribution in [3.63, 3.8) is 0 Å². The van der Waals surface area contributed by atoms with Gasteiger partial charge in [-0.2, -0.15) is 0 Å². The monoisotopic (exact) mass is 614 g/mol. The first-order valence-corrected chi connectivity index (χ1v) is 13.6. The minimum absolute atomic E-state index is 0.223. The third-order valence-corrected chi connectivity index (χ3v) is 8.12. The van der Waals surface area contributed by atoms with Crippen molar-refractivity contribution in [1.82, 2.24) is 0 Å². The lowest BCUT2D eigenvalue weighted by Crippen LogP contribution is -2.40. The summed E-state index contributed by atoms with van der Waals surface area (Å²) in [6.45, 7) is 3.98. The van der Waals surface area contributed by atoms with E-state index < -0.39 is 33.6 Å². The highest BCUT2D eigenvalue weighted by atomic mass is 127. The first-order chi connectivity index (χ1) is 17.9. The van der Waals surface area contributed by atoms with Gasteiger partial charge in [0.15, 0.2) is 5.79 Å². The van der Waals surface area contributed by atoms with Crippen LogP contribution in [0, 0.1) is 0 Å². The fraction of sp³-hybridized carbons (Fsp3) is 0.367. The van der Waals surface area contributed by atoms with Gasteiger partial charge in [-0.05, 0) is 30.5 Å². The molecule has 0 spiro atoms. The molecule has 0 amide bonds. The van der Waals surface area contributed by atoms with E-state index >= 15 is 0 Å². The van der Waals surface area contributed by atoms with E-state index in [9.17, 15) is 4.79 Å². The number of benzene rings is 3. The summed E-state index contributed by atoms with van der Waals surface area (Å²) in [6.07, 6.45) is -1.77. The number of ether oxygens (including phenoxy) is 5. The molecule has 6 nitrogen and oxygen atoms in total. The number of carbonyl (C=O) groups is 1. The lowest BCUT2D eigenvalue weighted by molar-refractivity contribution is -0.196. The maximum Gasteiger partial charge on any atom is 0.321 e. The van der Waals surface area contributed by atoms with Crippen molar-refractivity contribution in [2.45, 2.75) is 53.6 Å². The van der Waals surface area contributed by atoms with Gasteiger partial charge in [0.05, 0.1) is 13.7 Å². The Labute approximate surface area is 231 Å². The molecule has 2 heterocycles. The summed E-state index contributed by atoms with van der Waals surface area (Å²) in [5.41, 5.74) is 2.12. The van der Waals surface area contributed by atoms with E-state index in [1.165, 1.54) is 7.11 Å². The van der Waals surface area contributed by atoms with Crippen molar-refractivity contribution in [3.05, 3.63) is 108 Å². The second-order valence-corrected chi connectivity index (χ2v) is 11.1. The van der Waals surface area contributed by atoms with Crippen molar-refractivity contribution in [2.24, 2.45) is 0 Å². The molecular weight excluding hydrogens is 583 g/mol. The summed E-state index contributed by atoms with van der Waals surface area (Å²) < 4.78 is 30.3. The zero-order valence-corrected chi connectivity index (χ0v) is 23.2. The molecule has 3 aromatic carbocycles. The second-order valence-electron chi connectivity index (χ2n) is 9.72. The topological polar surface area (TPSA) is 63.2 Å². The van der Waals surface area contributed by atoms with E-state index in [0.717, 1.165) is 16.7 Å². The van der Waals surface area contributed by atoms with E-state index in [1.807, 2.05) is 68.4 Å². The predicted octanol–water partition coefficient (Wildman–Crippen LogP) is 5.26. The molecule has 3 aromatic rings. The number of esters is 1. The second kappa shape index (κ2) is 10.8. The van der Waals surface area contributed by atoms with Crippen molar-refractivity contribution < 1.29 is 28.5 Å². The van der Waals surface area contributed by atoms with Gasteiger partial charge in [0.25, 0.3) is 0 Å². The first kappa shape index (κ1) is 26.3. The molecule has 0 N–H and O–H groups in total. The average Bonchev–Trinajstić information content (AvgIpc) is 3.43. The van der Waals surface area contributed by atoms with E-state index in [1.54, 1.807) is 0 Å². The van der Waals surface area contributed by atoms with Crippen LogP contribution in [0.25, 0.3) is 0 Å². The Morgan fingerprint density at radius 2 is 1.32 bits per heavy atom. The number of hydrogen-bond acceptors (Lipinski definition) is 6. The summed E-state index contributed by atoms with van der Waals surface area (Å²) in [4.78, 5) is 12.4. The molecule has 5 rings (SSSR count). The average molecular weight is 614 g/mol. The van der Waals surface area contributed by atoms with Crippen LogP contribution in [0.5, 0.6) is 0 Å². The molecule has 0 saturated carbocycles. The van der Waals surface area contributed by atoms with Gasteiger partial charge in [0.1, 0.15) is 33.9 Å². The van der Waals surface area contributed by atoms with Crippen LogP contribution in [0.15, 0.2) is 91.0 Å². The summed E-state index contributed by atoms with van der Waals surface area (Å²) in [7, 11) is 1.38. The number of carbonyl (C=O) groups excluding carboxylic acids is 1. The van der Waals surface area contributed by atoms with E-state index in [-0.39, 0.29) is 18.7 Å². The largest absolute Gasteiger partial charge is 0.468 e. The number of methoxy groups -OCH3 is 1. The van der Waals surface area contributed by atoms with Crippen LogP contribution in [-0.4, -0.2) is 53.8 Å². The molecule has 194 valence electrons. The van der Waals surface area contributed by atoms with Crippen LogP contribution in [0.2, 0.25) is 0 Å². The number of rotatable bonds is 8. The highest BCUT2D eigenvalue weighted by Gasteiger charge is 2.58. The van der Waals surface area contributed by atoms with Crippen LogP contribution in [0.1, 0.15) is 30.5 Å². The summed E-state index contributed by atoms with van der Waals surface area (Å²) in [6, 6.07) is 30.6. The lowest BCUT2D eigenvalue weighted by atomic mass is 9.80. The quantitative estimate of drug-likeness (QED) is 0.149. The molecule has 0 aromatic heterocycles. The zero-order valence-electron chi connectivity index (χ0n) is 21.1. The molecular formula is C30H31IO6. The minimum atomic E-state index is -0.887. The van der Waals surface area contributed by atoms with E-state index in [4.69, 9.17) is 23.7 Å². The molecule has 0 radical (unpaired) electrons. The van der Waals surface area contributed by atoms with Crippen LogP contribution in [0.4, 0.5) is 0 Å². The fourth-order valence-corrected chi connectivity index (χ4v) is 6.14. The van der Waals surface area contributed by atoms with Gasteiger partial charge in [-0.15, -0.1) is 0 Å². The Balaban J connectivity index is 1.53. The molecule has 5 atom stereocenters. The normalized spacial score (nSPS) is 25.4. The Kier molecular flexibility index (Phi) is 7.70. The Bertz CT molecular complexity index is 1090. The number of halogens is 1. The van der Waals surface area contributed by atoms with E-state index in [2.05, 4.69) is 59.0 Å². The SMILES string of the molecule is COC(=O)[C@@H](I)[C@H]1O[C@H](COC(c2ccccc2)(c2ccccc2)c2ccccc2)[C@H]2OC(C)(C)O[C@@H]12. The predicted molar refractivity (Wildman–Crippen MR) is 147 cm³/mol. The molecule has 0 aliphatic carbocycles. The van der Waals surface area contributed by atoms with Gasteiger partial charge in [0, 0.05) is 0 Å². The maximum atomic E-state index is 12.4. The summed E-state index contributed by atoms with van der Waals surface area (Å²) >= 11 is 2.06. The number of alkyl halides is 1. The molecule has 2 aliphatic rings. The Morgan fingerprint density at radius 3 is 1.78 bits per heavy atom. The molecule has 0 unspecified atom stereocenters. The van der Waals surface area contributed by atoms with Crippen LogP contribution in [-0.2, 0) is 34.1 Å². The molecule has 2 saturated heterocycles. The van der Waals surface area contributed by atoms with Crippen LogP contribution < -0.4 is 0 Å². The summed E-state index contributed by atoms with van der Waals surface area (Å²) in [5, 5.41) is 0. The standard InChI is InChI=1S/C30H31IO6/c1-29(2)36-25-23(35-26(27(25)37-29)24(31)28(32)33-3)19-34-30(20-13-7-4-8-14-20,21-15-9-5-10-16-21)22-17-11-6-12-18-22/h4-18,23-27H,19H2,1-3H3/t23-,24+,25-,26-,27-/m1/s1. The van der Waals surface area contributed by atoms with Gasteiger partial charge in [-0.25, -0.2) is 0 Å². The zero-order chi connectivity index (χ0) is 26.0. The van der Waals surface area contributed by atoms with Gasteiger partial charge < -0.3 is 23.7 Å². The smallest absolute Gasteiger partial charge is 0.321 e.